The van der Waals surface area contributed by atoms with Crippen molar-refractivity contribution in [1.82, 2.24) is 0 Å². The number of hydrogen-bond acceptors (Lipinski definition) is 3. The minimum Gasteiger partial charge on any atom is -0.495 e. The lowest BCUT2D eigenvalue weighted by Crippen LogP contribution is -2.28. The van der Waals surface area contributed by atoms with Gasteiger partial charge in [0.2, 0.25) is 11.8 Å². The topological polar surface area (TPSA) is 58.6 Å². The number of para-hydroxylation sites is 2. The molecule has 1 fully saturated rings. The predicted molar refractivity (Wildman–Crippen MR) is 98.5 cm³/mol. The first-order valence-corrected chi connectivity index (χ1v) is 8.44. The number of nitrogens with one attached hydrogen (secondary N) is 1. The van der Waals surface area contributed by atoms with Crippen molar-refractivity contribution in [3.05, 3.63) is 52.5 Å². The van der Waals surface area contributed by atoms with Crippen LogP contribution in [-0.4, -0.2) is 25.5 Å². The van der Waals surface area contributed by atoms with E-state index in [1.807, 2.05) is 12.1 Å². The van der Waals surface area contributed by atoms with Crippen LogP contribution in [0.15, 0.2) is 42.5 Å². The minimum atomic E-state index is -0.479. The van der Waals surface area contributed by atoms with Crippen LogP contribution in [0, 0.1) is 5.92 Å². The molecule has 0 saturated carbocycles. The van der Waals surface area contributed by atoms with Gasteiger partial charge < -0.3 is 15.0 Å². The molecule has 1 atom stereocenters. The van der Waals surface area contributed by atoms with Gasteiger partial charge in [-0.05, 0) is 30.3 Å². The number of benzene rings is 2. The van der Waals surface area contributed by atoms with Gasteiger partial charge in [-0.3, -0.25) is 9.59 Å². The fraction of sp³-hybridized carbons (Fsp3) is 0.222. The van der Waals surface area contributed by atoms with Crippen molar-refractivity contribution < 1.29 is 14.3 Å². The van der Waals surface area contributed by atoms with E-state index in [9.17, 15) is 9.59 Å². The van der Waals surface area contributed by atoms with E-state index in [0.717, 1.165) is 0 Å². The maximum absolute atomic E-state index is 12.5. The second kappa shape index (κ2) is 7.33. The third kappa shape index (κ3) is 3.72. The Hall–Kier alpha value is -2.24. The van der Waals surface area contributed by atoms with Crippen LogP contribution in [0.5, 0.6) is 5.75 Å². The predicted octanol–water partition coefficient (Wildman–Crippen LogP) is 3.99. The molecular weight excluding hydrogens is 363 g/mol. The van der Waals surface area contributed by atoms with E-state index in [-0.39, 0.29) is 24.8 Å². The van der Waals surface area contributed by atoms with Crippen LogP contribution in [-0.2, 0) is 9.59 Å². The maximum atomic E-state index is 12.5. The van der Waals surface area contributed by atoms with Gasteiger partial charge in [-0.15, -0.1) is 0 Å². The van der Waals surface area contributed by atoms with Gasteiger partial charge in [0.25, 0.3) is 0 Å². The lowest BCUT2D eigenvalue weighted by atomic mass is 10.1. The highest BCUT2D eigenvalue weighted by molar-refractivity contribution is 6.35. The number of rotatable bonds is 4. The highest BCUT2D eigenvalue weighted by Crippen LogP contribution is 2.33. The Labute approximate surface area is 155 Å². The van der Waals surface area contributed by atoms with Crippen LogP contribution in [0.4, 0.5) is 11.4 Å². The highest BCUT2D eigenvalue weighted by Gasteiger charge is 2.36. The van der Waals surface area contributed by atoms with E-state index in [1.54, 1.807) is 42.3 Å². The quantitative estimate of drug-likeness (QED) is 0.874. The molecule has 130 valence electrons. The summed E-state index contributed by atoms with van der Waals surface area (Å²) in [6.07, 6.45) is 0.127. The van der Waals surface area contributed by atoms with Crippen molar-refractivity contribution in [2.24, 2.45) is 5.92 Å². The Morgan fingerprint density at radius 3 is 2.76 bits per heavy atom. The first kappa shape index (κ1) is 17.6. The lowest BCUT2D eigenvalue weighted by Gasteiger charge is -2.19. The zero-order valence-corrected chi connectivity index (χ0v) is 15.0. The van der Waals surface area contributed by atoms with Crippen molar-refractivity contribution in [3.63, 3.8) is 0 Å². The van der Waals surface area contributed by atoms with Gasteiger partial charge in [0.15, 0.2) is 0 Å². The average Bonchev–Trinajstić information content (AvgIpc) is 3.00. The monoisotopic (exact) mass is 378 g/mol. The van der Waals surface area contributed by atoms with E-state index >= 15 is 0 Å². The molecule has 1 aliphatic rings. The van der Waals surface area contributed by atoms with Crippen molar-refractivity contribution >= 4 is 46.4 Å². The molecule has 1 N–H and O–H groups in total. The molecule has 0 bridgehead atoms. The van der Waals surface area contributed by atoms with Crippen LogP contribution in [0.3, 0.4) is 0 Å². The number of ether oxygens (including phenoxy) is 1. The summed E-state index contributed by atoms with van der Waals surface area (Å²) in [7, 11) is 1.55. The Balaban J connectivity index is 1.76. The van der Waals surface area contributed by atoms with E-state index in [2.05, 4.69) is 5.32 Å². The van der Waals surface area contributed by atoms with E-state index in [4.69, 9.17) is 27.9 Å². The van der Waals surface area contributed by atoms with E-state index < -0.39 is 5.92 Å². The van der Waals surface area contributed by atoms with Gasteiger partial charge in [-0.2, -0.15) is 0 Å². The number of nitrogens with zero attached hydrogens (tertiary/aromatic N) is 1. The van der Waals surface area contributed by atoms with Gasteiger partial charge in [0.05, 0.1) is 29.4 Å². The molecule has 2 aromatic rings. The molecule has 3 rings (SSSR count). The fourth-order valence-corrected chi connectivity index (χ4v) is 3.13. The van der Waals surface area contributed by atoms with Gasteiger partial charge in [-0.1, -0.05) is 35.3 Å². The normalized spacial score (nSPS) is 16.8. The molecule has 1 aliphatic heterocycles. The fourth-order valence-electron chi connectivity index (χ4n) is 2.80. The summed E-state index contributed by atoms with van der Waals surface area (Å²) in [4.78, 5) is 26.5. The molecule has 0 radical (unpaired) electrons. The molecule has 25 heavy (non-hydrogen) atoms. The van der Waals surface area contributed by atoms with Crippen LogP contribution >= 0.6 is 23.2 Å². The molecule has 0 spiro atoms. The molecule has 1 saturated heterocycles. The van der Waals surface area contributed by atoms with Gasteiger partial charge in [0, 0.05) is 18.0 Å². The van der Waals surface area contributed by atoms with Crippen molar-refractivity contribution in [1.29, 1.82) is 0 Å². The molecule has 0 aliphatic carbocycles. The molecule has 2 aromatic carbocycles. The zero-order chi connectivity index (χ0) is 18.0. The van der Waals surface area contributed by atoms with Crippen molar-refractivity contribution in [2.75, 3.05) is 23.9 Å². The Morgan fingerprint density at radius 1 is 1.24 bits per heavy atom. The summed E-state index contributed by atoms with van der Waals surface area (Å²) in [6.45, 7) is 0.281. The Bertz CT molecular complexity index is 826. The minimum absolute atomic E-state index is 0.123. The number of carbonyl (C=O) groups excluding carboxylic acids is 2. The molecule has 7 heteroatoms. The van der Waals surface area contributed by atoms with Gasteiger partial charge >= 0.3 is 0 Å². The van der Waals surface area contributed by atoms with Crippen molar-refractivity contribution in [3.8, 4) is 5.75 Å². The zero-order valence-electron chi connectivity index (χ0n) is 13.5. The largest absolute Gasteiger partial charge is 0.495 e. The summed E-state index contributed by atoms with van der Waals surface area (Å²) in [6, 6.07) is 12.1. The van der Waals surface area contributed by atoms with E-state index in [0.29, 0.717) is 27.2 Å². The third-order valence-corrected chi connectivity index (χ3v) is 4.62. The first-order valence-electron chi connectivity index (χ1n) is 7.69. The summed E-state index contributed by atoms with van der Waals surface area (Å²) in [5.41, 5.74) is 1.09. The Kier molecular flexibility index (Phi) is 5.16. The van der Waals surface area contributed by atoms with E-state index in [1.165, 1.54) is 0 Å². The summed E-state index contributed by atoms with van der Waals surface area (Å²) >= 11 is 12.0. The van der Waals surface area contributed by atoms with Crippen molar-refractivity contribution in [2.45, 2.75) is 6.42 Å². The molecule has 5 nitrogen and oxygen atoms in total. The number of amides is 2. The SMILES string of the molecule is COc1ccccc1N1CC(C(=O)Nc2cc(Cl)ccc2Cl)CC1=O. The molecule has 0 aromatic heterocycles. The maximum Gasteiger partial charge on any atom is 0.229 e. The lowest BCUT2D eigenvalue weighted by molar-refractivity contribution is -0.122. The first-order chi connectivity index (χ1) is 12.0. The second-order valence-electron chi connectivity index (χ2n) is 5.69. The average molecular weight is 379 g/mol. The third-order valence-electron chi connectivity index (χ3n) is 4.06. The number of hydrogen-bond donors (Lipinski definition) is 1. The standard InChI is InChI=1S/C18H16Cl2N2O3/c1-25-16-5-3-2-4-15(16)22-10-11(8-17(22)23)18(24)21-14-9-12(19)6-7-13(14)20/h2-7,9,11H,8,10H2,1H3,(H,21,24). The second-order valence-corrected chi connectivity index (χ2v) is 6.53. The smallest absolute Gasteiger partial charge is 0.229 e. The number of methoxy groups -OCH3 is 1. The van der Waals surface area contributed by atoms with Crippen LogP contribution in [0.1, 0.15) is 6.42 Å². The summed E-state index contributed by atoms with van der Waals surface area (Å²) < 4.78 is 5.30. The number of anilines is 2. The van der Waals surface area contributed by atoms with Crippen LogP contribution < -0.4 is 15.0 Å². The Morgan fingerprint density at radius 2 is 2.00 bits per heavy atom. The number of halogens is 2. The number of carbonyl (C=O) groups is 2. The van der Waals surface area contributed by atoms with Gasteiger partial charge in [-0.25, -0.2) is 0 Å². The molecule has 2 amide bonds. The highest BCUT2D eigenvalue weighted by atomic mass is 35.5. The molecular formula is C18H16Cl2N2O3. The van der Waals surface area contributed by atoms with Crippen LogP contribution in [0.2, 0.25) is 10.0 Å². The molecule has 1 unspecified atom stereocenters. The summed E-state index contributed by atoms with van der Waals surface area (Å²) in [5.74, 6) is -0.279. The van der Waals surface area contributed by atoms with Crippen LogP contribution in [0.25, 0.3) is 0 Å². The van der Waals surface area contributed by atoms with Gasteiger partial charge in [0.1, 0.15) is 5.75 Å². The summed E-state index contributed by atoms with van der Waals surface area (Å²) in [5, 5.41) is 3.61. The molecule has 1 heterocycles.